The van der Waals surface area contributed by atoms with Crippen LogP contribution >= 0.6 is 0 Å². The van der Waals surface area contributed by atoms with Crippen molar-refractivity contribution in [1.82, 2.24) is 4.98 Å². The average Bonchev–Trinajstić information content (AvgIpc) is 2.79. The van der Waals surface area contributed by atoms with E-state index in [1.165, 1.54) is 0 Å². The number of ether oxygens (including phenoxy) is 2. The Bertz CT molecular complexity index is 495. The van der Waals surface area contributed by atoms with Crippen molar-refractivity contribution in [3.8, 4) is 5.75 Å². The maximum atomic E-state index is 5.96. The molecule has 0 fully saturated rings. The minimum Gasteiger partial charge on any atom is -0.494 e. The zero-order valence-electron chi connectivity index (χ0n) is 9.97. The minimum atomic E-state index is -0.257. The summed E-state index contributed by atoms with van der Waals surface area (Å²) in [5.41, 5.74) is 7.35. The van der Waals surface area contributed by atoms with Crippen LogP contribution in [0.2, 0.25) is 0 Å². The van der Waals surface area contributed by atoms with Crippen LogP contribution in [0.4, 0.5) is 0 Å². The molecule has 1 unspecified atom stereocenters. The van der Waals surface area contributed by atoms with Gasteiger partial charge in [-0.2, -0.15) is 0 Å². The molecule has 92 valence electrons. The Labute approximate surface area is 99.5 Å². The Morgan fingerprint density at radius 3 is 2.94 bits per heavy atom. The highest BCUT2D eigenvalue weighted by Gasteiger charge is 2.15. The molecular formula is C12H16N2O3. The minimum absolute atomic E-state index is 0.257. The van der Waals surface area contributed by atoms with Gasteiger partial charge < -0.3 is 19.6 Å². The first kappa shape index (κ1) is 11.9. The smallest absolute Gasteiger partial charge is 0.212 e. The lowest BCUT2D eigenvalue weighted by atomic mass is 10.2. The van der Waals surface area contributed by atoms with Crippen molar-refractivity contribution in [2.75, 3.05) is 20.8 Å². The van der Waals surface area contributed by atoms with Crippen LogP contribution < -0.4 is 10.5 Å². The highest BCUT2D eigenvalue weighted by Crippen LogP contribution is 2.27. The van der Waals surface area contributed by atoms with Crippen molar-refractivity contribution >= 4 is 11.1 Å². The molecular weight excluding hydrogens is 220 g/mol. The van der Waals surface area contributed by atoms with Crippen LogP contribution in [0.1, 0.15) is 18.4 Å². The molecule has 2 rings (SSSR count). The van der Waals surface area contributed by atoms with Gasteiger partial charge in [-0.05, 0) is 18.6 Å². The predicted molar refractivity (Wildman–Crippen MR) is 64.0 cm³/mol. The number of nitrogens with zero attached hydrogens (tertiary/aromatic N) is 1. The Morgan fingerprint density at radius 2 is 2.24 bits per heavy atom. The van der Waals surface area contributed by atoms with Gasteiger partial charge in [0.05, 0.1) is 13.2 Å². The van der Waals surface area contributed by atoms with Crippen molar-refractivity contribution in [1.29, 1.82) is 0 Å². The first-order valence-electron chi connectivity index (χ1n) is 5.44. The molecule has 0 aliphatic carbocycles. The molecule has 0 aliphatic rings. The van der Waals surface area contributed by atoms with Crippen LogP contribution in [0.5, 0.6) is 5.75 Å². The predicted octanol–water partition coefficient (Wildman–Crippen LogP) is 1.87. The summed E-state index contributed by atoms with van der Waals surface area (Å²) in [5.74, 6) is 1.21. The number of oxazole rings is 1. The van der Waals surface area contributed by atoms with E-state index < -0.39 is 0 Å². The van der Waals surface area contributed by atoms with E-state index in [9.17, 15) is 0 Å². The number of rotatable bonds is 5. The van der Waals surface area contributed by atoms with E-state index >= 15 is 0 Å². The zero-order valence-corrected chi connectivity index (χ0v) is 9.97. The fourth-order valence-corrected chi connectivity index (χ4v) is 1.63. The first-order valence-corrected chi connectivity index (χ1v) is 5.44. The Hall–Kier alpha value is -1.59. The molecule has 5 nitrogen and oxygen atoms in total. The van der Waals surface area contributed by atoms with E-state index in [1.807, 2.05) is 18.2 Å². The van der Waals surface area contributed by atoms with Gasteiger partial charge in [-0.15, -0.1) is 0 Å². The molecule has 0 bridgehead atoms. The lowest BCUT2D eigenvalue weighted by Gasteiger charge is -2.05. The highest BCUT2D eigenvalue weighted by molar-refractivity contribution is 5.79. The number of benzene rings is 1. The maximum absolute atomic E-state index is 5.96. The van der Waals surface area contributed by atoms with Gasteiger partial charge in [-0.25, -0.2) is 4.98 Å². The van der Waals surface area contributed by atoms with Crippen LogP contribution in [0.25, 0.3) is 11.1 Å². The van der Waals surface area contributed by atoms with Gasteiger partial charge in [0.1, 0.15) is 5.75 Å². The topological polar surface area (TPSA) is 70.5 Å². The number of methoxy groups -OCH3 is 2. The molecule has 1 aromatic carbocycles. The summed E-state index contributed by atoms with van der Waals surface area (Å²) in [6.07, 6.45) is 0.672. The Morgan fingerprint density at radius 1 is 1.41 bits per heavy atom. The first-order chi connectivity index (χ1) is 8.26. The molecule has 0 saturated carbocycles. The van der Waals surface area contributed by atoms with Gasteiger partial charge in [0.25, 0.3) is 0 Å². The molecule has 1 heterocycles. The summed E-state index contributed by atoms with van der Waals surface area (Å²) in [6, 6.07) is 5.29. The molecule has 1 atom stereocenters. The fourth-order valence-electron chi connectivity index (χ4n) is 1.63. The van der Waals surface area contributed by atoms with Crippen LogP contribution in [-0.2, 0) is 4.74 Å². The molecule has 17 heavy (non-hydrogen) atoms. The van der Waals surface area contributed by atoms with Crippen LogP contribution in [0, 0.1) is 0 Å². The monoisotopic (exact) mass is 236 g/mol. The maximum Gasteiger partial charge on any atom is 0.212 e. The van der Waals surface area contributed by atoms with Crippen LogP contribution in [0.15, 0.2) is 22.6 Å². The molecule has 0 spiro atoms. The third kappa shape index (κ3) is 2.40. The van der Waals surface area contributed by atoms with Gasteiger partial charge in [0.15, 0.2) is 11.1 Å². The van der Waals surface area contributed by atoms with Gasteiger partial charge in [-0.3, -0.25) is 0 Å². The van der Waals surface area contributed by atoms with Crippen molar-refractivity contribution in [3.63, 3.8) is 0 Å². The molecule has 0 aliphatic heterocycles. The Kier molecular flexibility index (Phi) is 3.61. The summed E-state index contributed by atoms with van der Waals surface area (Å²) in [5, 5.41) is 0. The second-order valence-corrected chi connectivity index (χ2v) is 3.75. The SMILES string of the molecule is COCCC(N)c1nc2c(OC)cccc2o1. The summed E-state index contributed by atoms with van der Waals surface area (Å²) in [4.78, 5) is 4.36. The third-order valence-electron chi connectivity index (χ3n) is 2.57. The van der Waals surface area contributed by atoms with Gasteiger partial charge >= 0.3 is 0 Å². The van der Waals surface area contributed by atoms with Crippen LogP contribution in [-0.4, -0.2) is 25.8 Å². The zero-order chi connectivity index (χ0) is 12.3. The molecule has 2 aromatic rings. The van der Waals surface area contributed by atoms with Gasteiger partial charge in [0, 0.05) is 13.7 Å². The summed E-state index contributed by atoms with van der Waals surface area (Å²) in [7, 11) is 3.25. The number of nitrogens with two attached hydrogens (primary N) is 1. The number of hydrogen-bond donors (Lipinski definition) is 1. The summed E-state index contributed by atoms with van der Waals surface area (Å²) in [6.45, 7) is 0.580. The van der Waals surface area contributed by atoms with E-state index in [4.69, 9.17) is 19.6 Å². The van der Waals surface area contributed by atoms with Gasteiger partial charge in [-0.1, -0.05) is 6.07 Å². The standard InChI is InChI=1S/C12H16N2O3/c1-15-7-6-8(13)12-14-11-9(16-2)4-3-5-10(11)17-12/h3-5,8H,6-7,13H2,1-2H3. The third-order valence-corrected chi connectivity index (χ3v) is 2.57. The van der Waals surface area contributed by atoms with Crippen molar-refractivity contribution in [2.24, 2.45) is 5.73 Å². The van der Waals surface area contributed by atoms with Crippen molar-refractivity contribution < 1.29 is 13.9 Å². The molecule has 0 radical (unpaired) electrons. The number of aromatic nitrogens is 1. The molecule has 0 amide bonds. The average molecular weight is 236 g/mol. The van der Waals surface area contributed by atoms with Crippen molar-refractivity contribution in [2.45, 2.75) is 12.5 Å². The Balaban J connectivity index is 2.31. The largest absolute Gasteiger partial charge is 0.494 e. The van der Waals surface area contributed by atoms with Crippen LogP contribution in [0.3, 0.4) is 0 Å². The fraction of sp³-hybridized carbons (Fsp3) is 0.417. The molecule has 2 N–H and O–H groups in total. The lowest BCUT2D eigenvalue weighted by molar-refractivity contribution is 0.184. The normalized spacial score (nSPS) is 12.9. The van der Waals surface area contributed by atoms with E-state index in [2.05, 4.69) is 4.98 Å². The summed E-state index contributed by atoms with van der Waals surface area (Å²) < 4.78 is 15.8. The molecule has 1 aromatic heterocycles. The highest BCUT2D eigenvalue weighted by atomic mass is 16.5. The van der Waals surface area contributed by atoms with E-state index in [0.717, 1.165) is 0 Å². The molecule has 5 heteroatoms. The second kappa shape index (κ2) is 5.16. The van der Waals surface area contributed by atoms with Gasteiger partial charge in [0.2, 0.25) is 5.89 Å². The number of para-hydroxylation sites is 1. The number of hydrogen-bond acceptors (Lipinski definition) is 5. The van der Waals surface area contributed by atoms with E-state index in [1.54, 1.807) is 14.2 Å². The van der Waals surface area contributed by atoms with E-state index in [-0.39, 0.29) is 6.04 Å². The quantitative estimate of drug-likeness (QED) is 0.858. The second-order valence-electron chi connectivity index (χ2n) is 3.75. The number of fused-ring (bicyclic) bond motifs is 1. The summed E-state index contributed by atoms with van der Waals surface area (Å²) >= 11 is 0. The van der Waals surface area contributed by atoms with Crippen molar-refractivity contribution in [3.05, 3.63) is 24.1 Å². The molecule has 0 saturated heterocycles. The van der Waals surface area contributed by atoms with E-state index in [0.29, 0.717) is 35.8 Å². The lowest BCUT2D eigenvalue weighted by Crippen LogP contribution is -2.12.